The first-order valence-electron chi connectivity index (χ1n) is 10.3. The third kappa shape index (κ3) is 4.54. The van der Waals surface area contributed by atoms with Gasteiger partial charge in [-0.2, -0.15) is 0 Å². The molecule has 0 amide bonds. The predicted molar refractivity (Wildman–Crippen MR) is 121 cm³/mol. The Hall–Kier alpha value is -3.93. The van der Waals surface area contributed by atoms with Crippen LogP contribution in [0.2, 0.25) is 0 Å². The summed E-state index contributed by atoms with van der Waals surface area (Å²) in [4.78, 5) is 34.8. The zero-order chi connectivity index (χ0) is 22.5. The first kappa shape index (κ1) is 21.3. The highest BCUT2D eigenvalue weighted by Crippen LogP contribution is 2.36. The van der Waals surface area contributed by atoms with Crippen molar-refractivity contribution in [2.24, 2.45) is 0 Å². The second kappa shape index (κ2) is 9.47. The van der Waals surface area contributed by atoms with Crippen molar-refractivity contribution in [3.63, 3.8) is 0 Å². The Kier molecular flexibility index (Phi) is 6.31. The van der Waals surface area contributed by atoms with Gasteiger partial charge in [0.05, 0.1) is 12.8 Å². The van der Waals surface area contributed by atoms with Gasteiger partial charge in [0.25, 0.3) is 0 Å². The molecule has 0 saturated heterocycles. The predicted octanol–water partition coefficient (Wildman–Crippen LogP) is 4.68. The zero-order valence-electron chi connectivity index (χ0n) is 17.5. The summed E-state index contributed by atoms with van der Waals surface area (Å²) in [5, 5.41) is 6.90. The van der Waals surface area contributed by atoms with Crippen molar-refractivity contribution < 1.29 is 28.6 Å². The molecule has 0 aromatic heterocycles. The Morgan fingerprint density at radius 1 is 0.719 bits per heavy atom. The number of carbonyl (C=O) groups is 3. The molecule has 4 aromatic carbocycles. The molecule has 6 heteroatoms. The Morgan fingerprint density at radius 3 is 2.03 bits per heavy atom. The van der Waals surface area contributed by atoms with Gasteiger partial charge in [-0.1, -0.05) is 61.2 Å². The fourth-order valence-electron chi connectivity index (χ4n) is 3.78. The van der Waals surface area contributed by atoms with Crippen LogP contribution in [0.5, 0.6) is 0 Å². The lowest BCUT2D eigenvalue weighted by molar-refractivity contribution is -0.153. The minimum atomic E-state index is -0.587. The van der Waals surface area contributed by atoms with Crippen molar-refractivity contribution in [3.8, 4) is 0 Å². The average Bonchev–Trinajstić information content (AvgIpc) is 2.82. The van der Waals surface area contributed by atoms with Crippen LogP contribution in [0.25, 0.3) is 32.3 Å². The fourth-order valence-corrected chi connectivity index (χ4v) is 3.78. The molecule has 0 atom stereocenters. The van der Waals surface area contributed by atoms with E-state index in [9.17, 15) is 14.4 Å². The van der Waals surface area contributed by atoms with Crippen LogP contribution in [0.3, 0.4) is 0 Å². The maximum absolute atomic E-state index is 12.1. The van der Waals surface area contributed by atoms with Crippen molar-refractivity contribution in [2.45, 2.75) is 19.4 Å². The second-order valence-corrected chi connectivity index (χ2v) is 7.33. The monoisotopic (exact) mass is 430 g/mol. The fraction of sp³-hybridized carbons (Fsp3) is 0.192. The van der Waals surface area contributed by atoms with Crippen molar-refractivity contribution >= 4 is 50.2 Å². The lowest BCUT2D eigenvalue weighted by atomic mass is 9.92. The topological polar surface area (TPSA) is 78.9 Å². The summed E-state index contributed by atoms with van der Waals surface area (Å²) in [6.45, 7) is 3.26. The minimum Gasteiger partial charge on any atom is -0.462 e. The van der Waals surface area contributed by atoms with Gasteiger partial charge in [0, 0.05) is 6.08 Å². The van der Waals surface area contributed by atoms with Gasteiger partial charge >= 0.3 is 17.9 Å². The van der Waals surface area contributed by atoms with Gasteiger partial charge in [-0.15, -0.1) is 0 Å². The maximum atomic E-state index is 12.1. The summed E-state index contributed by atoms with van der Waals surface area (Å²) < 4.78 is 15.0. The lowest BCUT2D eigenvalue weighted by Crippen LogP contribution is -2.14. The average molecular weight is 430 g/mol. The Balaban J connectivity index is 1.35. The van der Waals surface area contributed by atoms with E-state index in [1.54, 1.807) is 0 Å². The number of rotatable bonds is 9. The summed E-state index contributed by atoms with van der Waals surface area (Å²) in [5.74, 6) is -1.62. The SMILES string of the molecule is C=CC(=O)OCCOC(=O)CCC(=O)OCc1ccc2ccc3cccc4ccc1c2c34. The van der Waals surface area contributed by atoms with E-state index >= 15 is 0 Å². The number of carbonyl (C=O) groups excluding carboxylic acids is 3. The molecule has 4 rings (SSSR count). The van der Waals surface area contributed by atoms with Gasteiger partial charge in [-0.25, -0.2) is 4.79 Å². The summed E-state index contributed by atoms with van der Waals surface area (Å²) in [5.41, 5.74) is 0.913. The molecule has 32 heavy (non-hydrogen) atoms. The van der Waals surface area contributed by atoms with Crippen molar-refractivity contribution in [3.05, 3.63) is 72.8 Å². The molecule has 0 aliphatic carbocycles. The van der Waals surface area contributed by atoms with Gasteiger partial charge in [0.15, 0.2) is 0 Å². The van der Waals surface area contributed by atoms with Crippen LogP contribution in [0.1, 0.15) is 18.4 Å². The van der Waals surface area contributed by atoms with E-state index in [4.69, 9.17) is 14.2 Å². The van der Waals surface area contributed by atoms with Crippen LogP contribution < -0.4 is 0 Å². The van der Waals surface area contributed by atoms with Gasteiger partial charge in [-0.3, -0.25) is 9.59 Å². The van der Waals surface area contributed by atoms with Crippen LogP contribution >= 0.6 is 0 Å². The molecule has 4 aromatic rings. The van der Waals surface area contributed by atoms with E-state index in [-0.39, 0.29) is 32.7 Å². The molecule has 162 valence electrons. The molecule has 0 saturated carbocycles. The molecule has 6 nitrogen and oxygen atoms in total. The molecule has 0 unspecified atom stereocenters. The summed E-state index contributed by atoms with van der Waals surface area (Å²) >= 11 is 0. The molecule has 0 fully saturated rings. The van der Waals surface area contributed by atoms with Crippen molar-refractivity contribution in [1.82, 2.24) is 0 Å². The van der Waals surface area contributed by atoms with E-state index in [1.165, 1.54) is 16.2 Å². The highest BCUT2D eigenvalue weighted by atomic mass is 16.6. The number of ether oxygens (including phenoxy) is 3. The molecular formula is C26H22O6. The third-order valence-electron chi connectivity index (χ3n) is 5.30. The highest BCUT2D eigenvalue weighted by molar-refractivity contribution is 6.23. The second-order valence-electron chi connectivity index (χ2n) is 7.33. The smallest absolute Gasteiger partial charge is 0.330 e. The quantitative estimate of drug-likeness (QED) is 0.126. The first-order valence-corrected chi connectivity index (χ1v) is 10.3. The van der Waals surface area contributed by atoms with Gasteiger partial charge in [0.2, 0.25) is 0 Å². The Morgan fingerprint density at radius 2 is 1.31 bits per heavy atom. The summed E-state index contributed by atoms with van der Waals surface area (Å²) in [7, 11) is 0. The number of benzene rings is 4. The van der Waals surface area contributed by atoms with Crippen molar-refractivity contribution in [1.29, 1.82) is 0 Å². The molecule has 0 aliphatic heterocycles. The van der Waals surface area contributed by atoms with E-state index in [2.05, 4.69) is 43.0 Å². The number of hydrogen-bond acceptors (Lipinski definition) is 6. The molecule has 0 aliphatic rings. The largest absolute Gasteiger partial charge is 0.462 e. The molecule has 0 heterocycles. The molecule has 0 spiro atoms. The van der Waals surface area contributed by atoms with Gasteiger partial charge < -0.3 is 14.2 Å². The molecular weight excluding hydrogens is 408 g/mol. The normalized spacial score (nSPS) is 11.0. The summed E-state index contributed by atoms with van der Waals surface area (Å²) in [6, 6.07) is 18.6. The lowest BCUT2D eigenvalue weighted by Gasteiger charge is -2.14. The van der Waals surface area contributed by atoms with E-state index in [0.29, 0.717) is 0 Å². The molecule has 0 N–H and O–H groups in total. The zero-order valence-corrected chi connectivity index (χ0v) is 17.5. The van der Waals surface area contributed by atoms with E-state index < -0.39 is 17.9 Å². The maximum Gasteiger partial charge on any atom is 0.330 e. The van der Waals surface area contributed by atoms with Crippen LogP contribution in [-0.4, -0.2) is 31.1 Å². The Bertz CT molecular complexity index is 1290. The summed E-state index contributed by atoms with van der Waals surface area (Å²) in [6.07, 6.45) is 0.836. The standard InChI is InChI=1S/C26H22O6/c1-2-22(27)30-14-15-31-23(28)12-13-24(29)32-16-20-9-8-19-7-6-17-4-3-5-18-10-11-21(20)26(19)25(17)18/h2-11H,1,12-16H2. The van der Waals surface area contributed by atoms with Crippen LogP contribution in [0.15, 0.2) is 67.3 Å². The first-order chi connectivity index (χ1) is 15.6. The van der Waals surface area contributed by atoms with Gasteiger partial charge in [-0.05, 0) is 37.9 Å². The Labute approximate surface area is 184 Å². The number of esters is 3. The van der Waals surface area contributed by atoms with E-state index in [0.717, 1.165) is 27.8 Å². The molecule has 0 radical (unpaired) electrons. The van der Waals surface area contributed by atoms with Crippen LogP contribution in [0.4, 0.5) is 0 Å². The van der Waals surface area contributed by atoms with Crippen LogP contribution in [0, 0.1) is 0 Å². The third-order valence-corrected chi connectivity index (χ3v) is 5.30. The van der Waals surface area contributed by atoms with Crippen LogP contribution in [-0.2, 0) is 35.2 Å². The van der Waals surface area contributed by atoms with Crippen molar-refractivity contribution in [2.75, 3.05) is 13.2 Å². The molecule has 0 bridgehead atoms. The number of hydrogen-bond donors (Lipinski definition) is 0. The van der Waals surface area contributed by atoms with Gasteiger partial charge in [0.1, 0.15) is 19.8 Å². The van der Waals surface area contributed by atoms with E-state index in [1.807, 2.05) is 18.2 Å². The highest BCUT2D eigenvalue weighted by Gasteiger charge is 2.13. The minimum absolute atomic E-state index is 0.0598.